The van der Waals surface area contributed by atoms with Crippen molar-refractivity contribution in [1.82, 2.24) is 0 Å². The lowest BCUT2D eigenvalue weighted by Gasteiger charge is -2.12. The van der Waals surface area contributed by atoms with Crippen LogP contribution in [-0.4, -0.2) is 11.8 Å². The van der Waals surface area contributed by atoms with Gasteiger partial charge in [-0.25, -0.2) is 0 Å². The SMILES string of the molecule is CC(=O)Nc1ccc(/C(C#N)=C/c2ccc(Cl)cc2Cl)cc1NC(C)=O. The van der Waals surface area contributed by atoms with Crippen LogP contribution < -0.4 is 10.6 Å². The maximum atomic E-state index is 11.4. The molecule has 0 atom stereocenters. The molecular formula is C19H15Cl2N3O2. The summed E-state index contributed by atoms with van der Waals surface area (Å²) in [4.78, 5) is 22.8. The van der Waals surface area contributed by atoms with E-state index in [9.17, 15) is 14.9 Å². The molecule has 0 aliphatic rings. The molecule has 2 aromatic rings. The van der Waals surface area contributed by atoms with Crippen molar-refractivity contribution in [3.63, 3.8) is 0 Å². The Labute approximate surface area is 161 Å². The van der Waals surface area contributed by atoms with Gasteiger partial charge in [-0.2, -0.15) is 5.26 Å². The summed E-state index contributed by atoms with van der Waals surface area (Å²) in [6, 6.07) is 12.0. The summed E-state index contributed by atoms with van der Waals surface area (Å²) in [5, 5.41) is 15.7. The highest BCUT2D eigenvalue weighted by molar-refractivity contribution is 6.35. The average molecular weight is 388 g/mol. The summed E-state index contributed by atoms with van der Waals surface area (Å²) >= 11 is 12.0. The first-order chi connectivity index (χ1) is 12.3. The molecule has 0 spiro atoms. The van der Waals surface area contributed by atoms with Gasteiger partial charge in [-0.15, -0.1) is 0 Å². The number of carbonyl (C=O) groups is 2. The molecule has 0 unspecified atom stereocenters. The third-order valence-corrected chi connectivity index (χ3v) is 3.90. The minimum absolute atomic E-state index is 0.270. The van der Waals surface area contributed by atoms with Gasteiger partial charge in [0, 0.05) is 23.9 Å². The monoisotopic (exact) mass is 387 g/mol. The Kier molecular flexibility index (Phi) is 6.40. The first-order valence-corrected chi connectivity index (χ1v) is 8.32. The van der Waals surface area contributed by atoms with E-state index in [-0.39, 0.29) is 11.8 Å². The van der Waals surface area contributed by atoms with Crippen LogP contribution in [0.15, 0.2) is 36.4 Å². The predicted octanol–water partition coefficient (Wildman–Crippen LogP) is 4.97. The molecule has 0 aliphatic heterocycles. The third kappa shape index (κ3) is 5.09. The topological polar surface area (TPSA) is 82.0 Å². The summed E-state index contributed by atoms with van der Waals surface area (Å²) < 4.78 is 0. The van der Waals surface area contributed by atoms with Gasteiger partial charge in [0.2, 0.25) is 11.8 Å². The lowest BCUT2D eigenvalue weighted by molar-refractivity contribution is -0.115. The molecule has 132 valence electrons. The van der Waals surface area contributed by atoms with E-state index in [0.29, 0.717) is 38.1 Å². The second-order valence-corrected chi connectivity index (χ2v) is 6.30. The molecule has 0 aromatic heterocycles. The van der Waals surface area contributed by atoms with Gasteiger partial charge >= 0.3 is 0 Å². The quantitative estimate of drug-likeness (QED) is 0.573. The highest BCUT2D eigenvalue weighted by Gasteiger charge is 2.10. The molecule has 0 fully saturated rings. The fourth-order valence-electron chi connectivity index (χ4n) is 2.26. The number of nitriles is 1. The van der Waals surface area contributed by atoms with Gasteiger partial charge < -0.3 is 10.6 Å². The molecule has 26 heavy (non-hydrogen) atoms. The summed E-state index contributed by atoms with van der Waals surface area (Å²) in [5.74, 6) is -0.565. The van der Waals surface area contributed by atoms with E-state index in [1.807, 2.05) is 0 Å². The van der Waals surface area contributed by atoms with E-state index in [0.717, 1.165) is 0 Å². The first kappa shape index (κ1) is 19.5. The van der Waals surface area contributed by atoms with Crippen molar-refractivity contribution >= 4 is 58.0 Å². The summed E-state index contributed by atoms with van der Waals surface area (Å²) in [7, 11) is 0. The minimum Gasteiger partial charge on any atom is -0.325 e. The van der Waals surface area contributed by atoms with E-state index in [4.69, 9.17) is 23.2 Å². The van der Waals surface area contributed by atoms with Crippen molar-refractivity contribution in [3.05, 3.63) is 57.6 Å². The van der Waals surface area contributed by atoms with Crippen molar-refractivity contribution in [2.75, 3.05) is 10.6 Å². The van der Waals surface area contributed by atoms with E-state index < -0.39 is 0 Å². The molecule has 7 heteroatoms. The fraction of sp³-hybridized carbons (Fsp3) is 0.105. The number of rotatable bonds is 4. The zero-order valence-electron chi connectivity index (χ0n) is 14.1. The maximum absolute atomic E-state index is 11.4. The van der Waals surface area contributed by atoms with Crippen LogP contribution in [0.2, 0.25) is 10.0 Å². The van der Waals surface area contributed by atoms with E-state index in [1.165, 1.54) is 13.8 Å². The van der Waals surface area contributed by atoms with Gasteiger partial charge in [0.15, 0.2) is 0 Å². The van der Waals surface area contributed by atoms with Crippen LogP contribution in [0.3, 0.4) is 0 Å². The molecule has 0 radical (unpaired) electrons. The largest absolute Gasteiger partial charge is 0.325 e. The highest BCUT2D eigenvalue weighted by Crippen LogP contribution is 2.30. The second-order valence-electron chi connectivity index (χ2n) is 5.46. The van der Waals surface area contributed by atoms with Crippen LogP contribution in [0.25, 0.3) is 11.6 Å². The van der Waals surface area contributed by atoms with Crippen molar-refractivity contribution in [3.8, 4) is 6.07 Å². The maximum Gasteiger partial charge on any atom is 0.221 e. The van der Waals surface area contributed by atoms with Gasteiger partial charge in [-0.3, -0.25) is 9.59 Å². The Morgan fingerprint density at radius 1 is 1.00 bits per heavy atom. The smallest absolute Gasteiger partial charge is 0.221 e. The Hall–Kier alpha value is -2.81. The van der Waals surface area contributed by atoms with E-state index in [1.54, 1.807) is 42.5 Å². The van der Waals surface area contributed by atoms with Crippen LogP contribution in [0.5, 0.6) is 0 Å². The predicted molar refractivity (Wildman–Crippen MR) is 105 cm³/mol. The van der Waals surface area contributed by atoms with Crippen LogP contribution in [0, 0.1) is 11.3 Å². The van der Waals surface area contributed by atoms with Gasteiger partial charge in [-0.05, 0) is 41.5 Å². The highest BCUT2D eigenvalue weighted by atomic mass is 35.5. The average Bonchev–Trinajstić information content (AvgIpc) is 2.55. The standard InChI is InChI=1S/C19H15Cl2N3O2/c1-11(25)23-18-6-4-13(8-19(18)24-12(2)26)15(10-22)7-14-3-5-16(20)9-17(14)21/h3-9H,1-2H3,(H,23,25)(H,24,26)/b15-7+. The van der Waals surface area contributed by atoms with Crippen molar-refractivity contribution in [2.24, 2.45) is 0 Å². The first-order valence-electron chi connectivity index (χ1n) is 7.56. The number of anilines is 2. The van der Waals surface area contributed by atoms with Crippen LogP contribution in [0.1, 0.15) is 25.0 Å². The van der Waals surface area contributed by atoms with Crippen LogP contribution in [0.4, 0.5) is 11.4 Å². The molecule has 0 aliphatic carbocycles. The number of carbonyl (C=O) groups excluding carboxylic acids is 2. The third-order valence-electron chi connectivity index (χ3n) is 3.33. The number of nitrogens with one attached hydrogen (secondary N) is 2. The van der Waals surface area contributed by atoms with Crippen molar-refractivity contribution in [1.29, 1.82) is 5.26 Å². The van der Waals surface area contributed by atoms with Gasteiger partial charge in [0.1, 0.15) is 0 Å². The Balaban J connectivity index is 2.50. The second kappa shape index (κ2) is 8.52. The number of allylic oxidation sites excluding steroid dienone is 1. The van der Waals surface area contributed by atoms with Crippen molar-refractivity contribution < 1.29 is 9.59 Å². The molecule has 2 aromatic carbocycles. The Morgan fingerprint density at radius 3 is 2.23 bits per heavy atom. The lowest BCUT2D eigenvalue weighted by Crippen LogP contribution is -2.12. The Morgan fingerprint density at radius 2 is 1.65 bits per heavy atom. The van der Waals surface area contributed by atoms with Crippen molar-refractivity contribution in [2.45, 2.75) is 13.8 Å². The molecule has 2 rings (SSSR count). The lowest BCUT2D eigenvalue weighted by atomic mass is 10.0. The molecule has 2 amide bonds. The zero-order valence-corrected chi connectivity index (χ0v) is 15.6. The summed E-state index contributed by atoms with van der Waals surface area (Å²) in [6.07, 6.45) is 1.63. The van der Waals surface area contributed by atoms with E-state index >= 15 is 0 Å². The van der Waals surface area contributed by atoms with Gasteiger partial charge in [0.05, 0.1) is 23.0 Å². The Bertz CT molecular complexity index is 946. The summed E-state index contributed by atoms with van der Waals surface area (Å²) in [5.41, 5.74) is 2.39. The molecule has 0 bridgehead atoms. The molecule has 2 N–H and O–H groups in total. The number of benzene rings is 2. The summed E-state index contributed by atoms with van der Waals surface area (Å²) in [6.45, 7) is 2.73. The number of halogens is 2. The van der Waals surface area contributed by atoms with Crippen LogP contribution in [-0.2, 0) is 9.59 Å². The minimum atomic E-state index is -0.294. The normalized spacial score (nSPS) is 10.8. The molecule has 0 saturated heterocycles. The number of amides is 2. The number of hydrogen-bond donors (Lipinski definition) is 2. The molecule has 5 nitrogen and oxygen atoms in total. The van der Waals surface area contributed by atoms with Crippen LogP contribution >= 0.6 is 23.2 Å². The molecular weight excluding hydrogens is 373 g/mol. The fourth-order valence-corrected chi connectivity index (χ4v) is 2.72. The zero-order chi connectivity index (χ0) is 19.3. The van der Waals surface area contributed by atoms with E-state index in [2.05, 4.69) is 16.7 Å². The number of nitrogens with zero attached hydrogens (tertiary/aromatic N) is 1. The molecule has 0 heterocycles. The van der Waals surface area contributed by atoms with Gasteiger partial charge in [0.25, 0.3) is 0 Å². The number of hydrogen-bond acceptors (Lipinski definition) is 3. The molecule has 0 saturated carbocycles. The van der Waals surface area contributed by atoms with Gasteiger partial charge in [-0.1, -0.05) is 35.3 Å².